The topological polar surface area (TPSA) is 47.3 Å². The molecule has 0 fully saturated rings. The fourth-order valence-corrected chi connectivity index (χ4v) is 1.69. The van der Waals surface area contributed by atoms with E-state index in [0.29, 0.717) is 6.42 Å². The van der Waals surface area contributed by atoms with Gasteiger partial charge in [0.1, 0.15) is 0 Å². The second-order valence-electron chi connectivity index (χ2n) is 4.34. The van der Waals surface area contributed by atoms with Gasteiger partial charge in [0.2, 0.25) is 0 Å². The maximum absolute atomic E-state index is 9.70. The predicted molar refractivity (Wildman–Crippen MR) is 69.8 cm³/mol. The number of rotatable bonds is 5. The molecule has 1 rings (SSSR count). The van der Waals surface area contributed by atoms with Crippen molar-refractivity contribution in [3.05, 3.63) is 29.8 Å². The molecule has 0 aliphatic heterocycles. The van der Waals surface area contributed by atoms with Crippen molar-refractivity contribution >= 4 is 5.69 Å². The van der Waals surface area contributed by atoms with Gasteiger partial charge in [0.05, 0.1) is 18.6 Å². The number of hydrogen-bond donors (Lipinski definition) is 1. The summed E-state index contributed by atoms with van der Waals surface area (Å²) in [5.74, 6) is 0. The Morgan fingerprint density at radius 3 is 2.41 bits per heavy atom. The van der Waals surface area contributed by atoms with Crippen molar-refractivity contribution in [1.82, 2.24) is 0 Å². The van der Waals surface area contributed by atoms with Crippen LogP contribution in [0.15, 0.2) is 24.3 Å². The molecule has 92 valence electrons. The fourth-order valence-electron chi connectivity index (χ4n) is 1.69. The van der Waals surface area contributed by atoms with E-state index in [4.69, 9.17) is 5.26 Å². The molecule has 3 heteroatoms. The van der Waals surface area contributed by atoms with E-state index in [0.717, 1.165) is 17.7 Å². The molecule has 1 aromatic rings. The normalized spacial score (nSPS) is 13.8. The van der Waals surface area contributed by atoms with Gasteiger partial charge in [-0.05, 0) is 31.0 Å². The summed E-state index contributed by atoms with van der Waals surface area (Å²) in [6.07, 6.45) is 0.849. The van der Waals surface area contributed by atoms with E-state index in [2.05, 4.69) is 11.0 Å². The van der Waals surface area contributed by atoms with E-state index in [1.54, 1.807) is 0 Å². The molecule has 0 aliphatic carbocycles. The van der Waals surface area contributed by atoms with E-state index >= 15 is 0 Å². The first kappa shape index (κ1) is 13.5. The first-order chi connectivity index (χ1) is 8.10. The van der Waals surface area contributed by atoms with Crippen molar-refractivity contribution in [2.45, 2.75) is 38.8 Å². The summed E-state index contributed by atoms with van der Waals surface area (Å²) in [4.78, 5) is 2.07. The lowest BCUT2D eigenvalue weighted by Gasteiger charge is -2.25. The largest absolute Gasteiger partial charge is 0.388 e. The summed E-state index contributed by atoms with van der Waals surface area (Å²) in [7, 11) is 1.98. The monoisotopic (exact) mass is 232 g/mol. The second kappa shape index (κ2) is 6.27. The minimum Gasteiger partial charge on any atom is -0.388 e. The number of nitriles is 1. The van der Waals surface area contributed by atoms with E-state index in [-0.39, 0.29) is 12.1 Å². The van der Waals surface area contributed by atoms with E-state index in [1.807, 2.05) is 45.2 Å². The zero-order chi connectivity index (χ0) is 12.8. The Morgan fingerprint density at radius 1 is 1.35 bits per heavy atom. The molecular formula is C14H20N2O. The van der Waals surface area contributed by atoms with Gasteiger partial charge in [-0.1, -0.05) is 19.1 Å². The van der Waals surface area contributed by atoms with Crippen LogP contribution in [-0.4, -0.2) is 18.2 Å². The number of nitrogens with zero attached hydrogens (tertiary/aromatic N) is 2. The van der Waals surface area contributed by atoms with Gasteiger partial charge in [-0.25, -0.2) is 0 Å². The maximum Gasteiger partial charge on any atom is 0.0787 e. The van der Waals surface area contributed by atoms with Crippen LogP contribution in [0.5, 0.6) is 0 Å². The molecule has 0 saturated heterocycles. The van der Waals surface area contributed by atoms with Gasteiger partial charge in [-0.15, -0.1) is 0 Å². The van der Waals surface area contributed by atoms with E-state index in [1.165, 1.54) is 0 Å². The summed E-state index contributed by atoms with van der Waals surface area (Å²) in [5.41, 5.74) is 2.01. The smallest absolute Gasteiger partial charge is 0.0787 e. The Labute approximate surface area is 103 Å². The zero-order valence-corrected chi connectivity index (χ0v) is 10.7. The second-order valence-corrected chi connectivity index (χ2v) is 4.34. The van der Waals surface area contributed by atoms with E-state index < -0.39 is 0 Å². The lowest BCUT2D eigenvalue weighted by molar-refractivity contribution is 0.173. The van der Waals surface area contributed by atoms with Crippen LogP contribution >= 0.6 is 0 Å². The van der Waals surface area contributed by atoms with Crippen molar-refractivity contribution in [3.8, 4) is 6.07 Å². The highest BCUT2D eigenvalue weighted by molar-refractivity contribution is 5.48. The molecule has 0 aromatic heterocycles. The zero-order valence-electron chi connectivity index (χ0n) is 10.7. The molecule has 17 heavy (non-hydrogen) atoms. The average Bonchev–Trinajstić information content (AvgIpc) is 2.37. The van der Waals surface area contributed by atoms with Crippen LogP contribution in [0.25, 0.3) is 0 Å². The van der Waals surface area contributed by atoms with Gasteiger partial charge < -0.3 is 10.0 Å². The Balaban J connectivity index is 2.77. The summed E-state index contributed by atoms with van der Waals surface area (Å²) in [6, 6.07) is 10.2. The predicted octanol–water partition coefficient (Wildman–Crippen LogP) is 2.87. The summed E-state index contributed by atoms with van der Waals surface area (Å²) in [5, 5.41) is 18.4. The number of hydrogen-bond acceptors (Lipinski definition) is 3. The molecule has 2 atom stereocenters. The molecule has 0 radical (unpaired) electrons. The van der Waals surface area contributed by atoms with Gasteiger partial charge in [-0.2, -0.15) is 5.26 Å². The summed E-state index contributed by atoms with van der Waals surface area (Å²) >= 11 is 0. The van der Waals surface area contributed by atoms with E-state index in [9.17, 15) is 5.11 Å². The van der Waals surface area contributed by atoms with Crippen molar-refractivity contribution in [3.63, 3.8) is 0 Å². The van der Waals surface area contributed by atoms with Crippen LogP contribution in [0.4, 0.5) is 5.69 Å². The molecule has 0 heterocycles. The molecule has 1 N–H and O–H groups in total. The van der Waals surface area contributed by atoms with Crippen LogP contribution in [0.1, 0.15) is 38.4 Å². The highest BCUT2D eigenvalue weighted by Gasteiger charge is 2.10. The lowest BCUT2D eigenvalue weighted by Crippen LogP contribution is -2.28. The lowest BCUT2D eigenvalue weighted by atomic mass is 10.1. The quantitative estimate of drug-likeness (QED) is 0.849. The van der Waals surface area contributed by atoms with Crippen molar-refractivity contribution in [2.75, 3.05) is 11.9 Å². The maximum atomic E-state index is 9.70. The van der Waals surface area contributed by atoms with Crippen LogP contribution in [0, 0.1) is 11.3 Å². The van der Waals surface area contributed by atoms with Gasteiger partial charge in [0, 0.05) is 18.8 Å². The molecular weight excluding hydrogens is 212 g/mol. The Kier molecular flexibility index (Phi) is 4.99. The molecule has 0 spiro atoms. The van der Waals surface area contributed by atoms with Crippen LogP contribution < -0.4 is 4.90 Å². The van der Waals surface area contributed by atoms with Crippen molar-refractivity contribution < 1.29 is 5.11 Å². The van der Waals surface area contributed by atoms with Crippen LogP contribution in [-0.2, 0) is 0 Å². The standard InChI is InChI=1S/C14H20N2O/c1-4-14(17)12-5-7-13(8-6-12)16(3)11(2)9-10-15/h5-8,11,14,17H,4,9H2,1-3H3. The third kappa shape index (κ3) is 3.47. The average molecular weight is 232 g/mol. The van der Waals surface area contributed by atoms with Crippen molar-refractivity contribution in [1.29, 1.82) is 5.26 Å². The van der Waals surface area contributed by atoms with Crippen LogP contribution in [0.3, 0.4) is 0 Å². The number of aliphatic hydroxyl groups is 1. The third-order valence-electron chi connectivity index (χ3n) is 3.12. The molecule has 1 aromatic carbocycles. The Morgan fingerprint density at radius 2 is 1.94 bits per heavy atom. The molecule has 2 unspecified atom stereocenters. The molecule has 0 amide bonds. The first-order valence-electron chi connectivity index (χ1n) is 5.98. The minimum atomic E-state index is -0.383. The van der Waals surface area contributed by atoms with Gasteiger partial charge in [0.25, 0.3) is 0 Å². The van der Waals surface area contributed by atoms with Crippen molar-refractivity contribution in [2.24, 2.45) is 0 Å². The van der Waals surface area contributed by atoms with Crippen LogP contribution in [0.2, 0.25) is 0 Å². The molecule has 0 bridgehead atoms. The highest BCUT2D eigenvalue weighted by atomic mass is 16.3. The van der Waals surface area contributed by atoms with Gasteiger partial charge in [0.15, 0.2) is 0 Å². The number of anilines is 1. The summed E-state index contributed by atoms with van der Waals surface area (Å²) < 4.78 is 0. The highest BCUT2D eigenvalue weighted by Crippen LogP contribution is 2.21. The molecule has 3 nitrogen and oxygen atoms in total. The Bertz CT molecular complexity index is 380. The van der Waals surface area contributed by atoms with Gasteiger partial charge in [-0.3, -0.25) is 0 Å². The SMILES string of the molecule is CCC(O)c1ccc(N(C)C(C)CC#N)cc1. The first-order valence-corrected chi connectivity index (χ1v) is 5.98. The fraction of sp³-hybridized carbons (Fsp3) is 0.500. The minimum absolute atomic E-state index is 0.196. The number of aliphatic hydroxyl groups excluding tert-OH is 1. The van der Waals surface area contributed by atoms with Gasteiger partial charge >= 0.3 is 0 Å². The summed E-state index contributed by atoms with van der Waals surface area (Å²) in [6.45, 7) is 3.98. The third-order valence-corrected chi connectivity index (χ3v) is 3.12. The molecule has 0 aliphatic rings. The Hall–Kier alpha value is -1.53. The molecule has 0 saturated carbocycles. The number of benzene rings is 1.